The quantitative estimate of drug-likeness (QED) is 0.757. The van der Waals surface area contributed by atoms with E-state index in [0.29, 0.717) is 18.7 Å². The fourth-order valence-corrected chi connectivity index (χ4v) is 2.67. The number of ether oxygens (including phenoxy) is 1. The van der Waals surface area contributed by atoms with Crippen LogP contribution in [0, 0.1) is 5.41 Å². The number of aliphatic hydroxyl groups excluding tert-OH is 1. The largest absolute Gasteiger partial charge is 0.477 e. The van der Waals surface area contributed by atoms with Crippen LogP contribution in [-0.2, 0) is 4.79 Å². The number of anilines is 1. The van der Waals surface area contributed by atoms with E-state index in [2.05, 4.69) is 10.6 Å². The smallest absolute Gasteiger partial charge is 0.263 e. The van der Waals surface area contributed by atoms with E-state index in [0.717, 1.165) is 5.69 Å². The lowest BCUT2D eigenvalue weighted by Crippen LogP contribution is -2.63. The standard InChI is InChI=1S/C15H20N2O3/c1-15(2)12(7-13(15)18)17-14(19)11-8-16-9-5-3-4-6-10(9)20-11/h3-6,11-13,16,18H,7-8H2,1-2H3,(H,17,19). The van der Waals surface area contributed by atoms with Gasteiger partial charge in [-0.1, -0.05) is 26.0 Å². The normalized spacial score (nSPS) is 30.2. The Morgan fingerprint density at radius 1 is 1.45 bits per heavy atom. The topological polar surface area (TPSA) is 70.6 Å². The third-order valence-electron chi connectivity index (χ3n) is 4.46. The molecule has 1 aliphatic carbocycles. The number of para-hydroxylation sites is 2. The van der Waals surface area contributed by atoms with E-state index >= 15 is 0 Å². The number of hydrogen-bond donors (Lipinski definition) is 3. The molecule has 3 atom stereocenters. The molecular weight excluding hydrogens is 256 g/mol. The zero-order valence-corrected chi connectivity index (χ0v) is 11.7. The van der Waals surface area contributed by atoms with Crippen LogP contribution in [0.25, 0.3) is 0 Å². The summed E-state index contributed by atoms with van der Waals surface area (Å²) >= 11 is 0. The molecule has 3 N–H and O–H groups in total. The minimum absolute atomic E-state index is 0.00534. The second kappa shape index (κ2) is 4.66. The highest BCUT2D eigenvalue weighted by molar-refractivity contribution is 5.83. The van der Waals surface area contributed by atoms with Crippen LogP contribution < -0.4 is 15.4 Å². The second-order valence-corrected chi connectivity index (χ2v) is 6.12. The number of carbonyl (C=O) groups is 1. The van der Waals surface area contributed by atoms with E-state index in [9.17, 15) is 9.90 Å². The average molecular weight is 276 g/mol. The van der Waals surface area contributed by atoms with Gasteiger partial charge >= 0.3 is 0 Å². The number of hydrogen-bond acceptors (Lipinski definition) is 4. The Bertz CT molecular complexity index is 530. The maximum Gasteiger partial charge on any atom is 0.263 e. The Balaban J connectivity index is 1.63. The number of aliphatic hydroxyl groups is 1. The van der Waals surface area contributed by atoms with Gasteiger partial charge in [-0.15, -0.1) is 0 Å². The van der Waals surface area contributed by atoms with Crippen LogP contribution in [0.2, 0.25) is 0 Å². The van der Waals surface area contributed by atoms with Crippen molar-refractivity contribution in [2.45, 2.75) is 38.5 Å². The first-order valence-electron chi connectivity index (χ1n) is 6.96. The molecule has 1 heterocycles. The van der Waals surface area contributed by atoms with E-state index in [1.54, 1.807) is 0 Å². The Kier molecular flexibility index (Phi) is 3.09. The highest BCUT2D eigenvalue weighted by Crippen LogP contribution is 2.40. The molecule has 0 bridgehead atoms. The van der Waals surface area contributed by atoms with Crippen molar-refractivity contribution in [3.63, 3.8) is 0 Å². The second-order valence-electron chi connectivity index (χ2n) is 6.12. The van der Waals surface area contributed by atoms with Crippen molar-refractivity contribution in [2.75, 3.05) is 11.9 Å². The Labute approximate surface area is 118 Å². The van der Waals surface area contributed by atoms with Crippen molar-refractivity contribution in [3.05, 3.63) is 24.3 Å². The summed E-state index contributed by atoms with van der Waals surface area (Å²) in [6.07, 6.45) is -0.271. The zero-order valence-electron chi connectivity index (χ0n) is 11.7. The van der Waals surface area contributed by atoms with Gasteiger partial charge in [-0.05, 0) is 18.6 Å². The van der Waals surface area contributed by atoms with Crippen LogP contribution in [0.5, 0.6) is 5.75 Å². The van der Waals surface area contributed by atoms with Gasteiger partial charge in [-0.2, -0.15) is 0 Å². The highest BCUT2D eigenvalue weighted by atomic mass is 16.5. The van der Waals surface area contributed by atoms with Crippen LogP contribution in [0.15, 0.2) is 24.3 Å². The lowest BCUT2D eigenvalue weighted by atomic mass is 9.64. The summed E-state index contributed by atoms with van der Waals surface area (Å²) in [5.74, 6) is 0.573. The first-order valence-corrected chi connectivity index (χ1v) is 6.96. The molecule has 1 aliphatic heterocycles. The number of nitrogens with one attached hydrogen (secondary N) is 2. The molecule has 108 valence electrons. The van der Waals surface area contributed by atoms with Crippen LogP contribution in [0.3, 0.4) is 0 Å². The van der Waals surface area contributed by atoms with E-state index in [-0.39, 0.29) is 23.5 Å². The predicted molar refractivity (Wildman–Crippen MR) is 75.7 cm³/mol. The molecule has 1 aromatic rings. The first-order chi connectivity index (χ1) is 9.48. The van der Waals surface area contributed by atoms with Crippen LogP contribution in [0.1, 0.15) is 20.3 Å². The van der Waals surface area contributed by atoms with E-state index in [1.807, 2.05) is 38.1 Å². The van der Waals surface area contributed by atoms with Gasteiger partial charge < -0.3 is 20.5 Å². The minimum atomic E-state index is -0.529. The summed E-state index contributed by atoms with van der Waals surface area (Å²) in [6.45, 7) is 4.38. The summed E-state index contributed by atoms with van der Waals surface area (Å²) in [7, 11) is 0. The van der Waals surface area contributed by atoms with Crippen LogP contribution >= 0.6 is 0 Å². The Morgan fingerprint density at radius 3 is 2.90 bits per heavy atom. The molecule has 5 nitrogen and oxygen atoms in total. The van der Waals surface area contributed by atoms with Crippen molar-refractivity contribution in [1.82, 2.24) is 5.32 Å². The van der Waals surface area contributed by atoms with Gasteiger partial charge in [0.2, 0.25) is 0 Å². The van der Waals surface area contributed by atoms with Crippen molar-refractivity contribution in [3.8, 4) is 5.75 Å². The Morgan fingerprint density at radius 2 is 2.20 bits per heavy atom. The summed E-state index contributed by atoms with van der Waals surface area (Å²) in [4.78, 5) is 12.2. The molecule has 1 amide bonds. The van der Waals surface area contributed by atoms with Crippen molar-refractivity contribution in [1.29, 1.82) is 0 Å². The van der Waals surface area contributed by atoms with Crippen molar-refractivity contribution >= 4 is 11.6 Å². The van der Waals surface area contributed by atoms with Crippen molar-refractivity contribution < 1.29 is 14.6 Å². The number of amides is 1. The molecule has 3 rings (SSSR count). The maximum absolute atomic E-state index is 12.2. The van der Waals surface area contributed by atoms with Gasteiger partial charge in [0, 0.05) is 11.5 Å². The lowest BCUT2D eigenvalue weighted by Gasteiger charge is -2.49. The third-order valence-corrected chi connectivity index (χ3v) is 4.46. The molecular formula is C15H20N2O3. The lowest BCUT2D eigenvalue weighted by molar-refractivity contribution is -0.135. The van der Waals surface area contributed by atoms with Crippen LogP contribution in [0.4, 0.5) is 5.69 Å². The van der Waals surface area contributed by atoms with E-state index < -0.39 is 6.10 Å². The van der Waals surface area contributed by atoms with Gasteiger partial charge in [0.05, 0.1) is 18.3 Å². The molecule has 0 spiro atoms. The zero-order chi connectivity index (χ0) is 14.3. The fourth-order valence-electron chi connectivity index (χ4n) is 2.67. The maximum atomic E-state index is 12.2. The number of rotatable bonds is 2. The molecule has 20 heavy (non-hydrogen) atoms. The first kappa shape index (κ1) is 13.2. The molecule has 5 heteroatoms. The average Bonchev–Trinajstić information content (AvgIpc) is 2.46. The molecule has 0 aromatic heterocycles. The third kappa shape index (κ3) is 2.12. The minimum Gasteiger partial charge on any atom is -0.477 e. The van der Waals surface area contributed by atoms with Gasteiger partial charge in [0.25, 0.3) is 5.91 Å². The molecule has 0 saturated heterocycles. The summed E-state index contributed by atoms with van der Waals surface area (Å²) in [5.41, 5.74) is 0.645. The van der Waals surface area contributed by atoms with Gasteiger partial charge in [-0.25, -0.2) is 0 Å². The monoisotopic (exact) mass is 276 g/mol. The van der Waals surface area contributed by atoms with Crippen LogP contribution in [-0.4, -0.2) is 35.8 Å². The summed E-state index contributed by atoms with van der Waals surface area (Å²) < 4.78 is 5.72. The molecule has 3 unspecified atom stereocenters. The fraction of sp³-hybridized carbons (Fsp3) is 0.533. The highest BCUT2D eigenvalue weighted by Gasteiger charge is 2.48. The number of benzene rings is 1. The van der Waals surface area contributed by atoms with Gasteiger partial charge in [-0.3, -0.25) is 4.79 Å². The number of carbonyl (C=O) groups excluding carboxylic acids is 1. The van der Waals surface area contributed by atoms with E-state index in [1.165, 1.54) is 0 Å². The molecule has 1 fully saturated rings. The molecule has 0 radical (unpaired) electrons. The van der Waals surface area contributed by atoms with Gasteiger partial charge in [0.15, 0.2) is 6.10 Å². The van der Waals surface area contributed by atoms with E-state index in [4.69, 9.17) is 4.74 Å². The number of fused-ring (bicyclic) bond motifs is 1. The Hall–Kier alpha value is -1.75. The molecule has 2 aliphatic rings. The van der Waals surface area contributed by atoms with Crippen molar-refractivity contribution in [2.24, 2.45) is 5.41 Å². The summed E-state index contributed by atoms with van der Waals surface area (Å²) in [6, 6.07) is 7.58. The molecule has 1 aromatic carbocycles. The SMILES string of the molecule is CC1(C)C(O)CC1NC(=O)C1CNc2ccccc2O1. The van der Waals surface area contributed by atoms with Gasteiger partial charge in [0.1, 0.15) is 5.75 Å². The predicted octanol–water partition coefficient (Wildman–Crippen LogP) is 1.14. The summed E-state index contributed by atoms with van der Waals surface area (Å²) in [5, 5.41) is 15.9. The molecule has 1 saturated carbocycles.